The number of carbonyl (C=O) groups excluding carboxylic acids is 1. The third-order valence-corrected chi connectivity index (χ3v) is 4.58. The molecule has 0 saturated carbocycles. The van der Waals surface area contributed by atoms with Gasteiger partial charge in [0.1, 0.15) is 0 Å². The second-order valence-electron chi connectivity index (χ2n) is 5.24. The van der Waals surface area contributed by atoms with Crippen molar-refractivity contribution in [3.8, 4) is 0 Å². The Hall–Kier alpha value is -1.94. The molecule has 2 aromatic rings. The molecule has 4 heteroatoms. The van der Waals surface area contributed by atoms with E-state index in [1.165, 1.54) is 10.4 Å². The largest absolute Gasteiger partial charge is 0.272 e. The Labute approximate surface area is 136 Å². The predicted molar refractivity (Wildman–Crippen MR) is 93.8 cm³/mol. The summed E-state index contributed by atoms with van der Waals surface area (Å²) in [5.41, 5.74) is 6.47. The van der Waals surface area contributed by atoms with Crippen LogP contribution in [0.2, 0.25) is 0 Å². The van der Waals surface area contributed by atoms with Crippen LogP contribution in [-0.2, 0) is 12.8 Å². The smallest absolute Gasteiger partial charge is 0.267 e. The summed E-state index contributed by atoms with van der Waals surface area (Å²) in [7, 11) is 0. The number of hydrazone groups is 1. The Balaban J connectivity index is 2.00. The Morgan fingerprint density at radius 3 is 2.50 bits per heavy atom. The van der Waals surface area contributed by atoms with Gasteiger partial charge in [-0.05, 0) is 37.0 Å². The highest BCUT2D eigenvalue weighted by molar-refractivity contribution is 7.10. The normalized spacial score (nSPS) is 11.5. The number of carbonyl (C=O) groups is 1. The molecule has 1 aromatic heterocycles. The second kappa shape index (κ2) is 7.90. The second-order valence-corrected chi connectivity index (χ2v) is 6.24. The number of nitrogens with zero attached hydrogens (tertiary/aromatic N) is 1. The Bertz CT molecular complexity index is 656. The summed E-state index contributed by atoms with van der Waals surface area (Å²) in [4.78, 5) is 13.2. The maximum Gasteiger partial charge on any atom is 0.272 e. The number of thiophene rings is 1. The fraction of sp³-hybridized carbons (Fsp3) is 0.333. The van der Waals surface area contributed by atoms with Gasteiger partial charge in [0.25, 0.3) is 5.91 Å². The highest BCUT2D eigenvalue weighted by Crippen LogP contribution is 2.15. The molecule has 22 heavy (non-hydrogen) atoms. The summed E-state index contributed by atoms with van der Waals surface area (Å²) in [6.07, 6.45) is 3.18. The van der Waals surface area contributed by atoms with Crippen molar-refractivity contribution in [3.63, 3.8) is 0 Å². The van der Waals surface area contributed by atoms with Gasteiger partial charge in [-0.2, -0.15) is 5.10 Å². The fourth-order valence-electron chi connectivity index (χ4n) is 2.15. The van der Waals surface area contributed by atoms with Gasteiger partial charge in [0.2, 0.25) is 0 Å². The van der Waals surface area contributed by atoms with Crippen molar-refractivity contribution < 1.29 is 4.79 Å². The molecule has 1 aromatic carbocycles. The number of amides is 1. The van der Waals surface area contributed by atoms with Crippen LogP contribution in [0, 0.1) is 0 Å². The molecular formula is C18H22N2OS. The van der Waals surface area contributed by atoms with Crippen LogP contribution in [0.15, 0.2) is 40.8 Å². The molecule has 2 rings (SSSR count). The summed E-state index contributed by atoms with van der Waals surface area (Å²) in [6.45, 7) is 6.16. The summed E-state index contributed by atoms with van der Waals surface area (Å²) >= 11 is 1.61. The summed E-state index contributed by atoms with van der Waals surface area (Å²) in [6, 6.07) is 10.3. The molecule has 0 aliphatic carbocycles. The first-order chi connectivity index (χ1) is 10.6. The van der Waals surface area contributed by atoms with Gasteiger partial charge in [-0.3, -0.25) is 4.79 Å². The summed E-state index contributed by atoms with van der Waals surface area (Å²) in [5.74, 6) is -0.155. The maximum atomic E-state index is 12.0. The molecule has 0 saturated heterocycles. The molecule has 0 fully saturated rings. The minimum Gasteiger partial charge on any atom is -0.267 e. The third kappa shape index (κ3) is 4.28. The van der Waals surface area contributed by atoms with E-state index in [9.17, 15) is 4.79 Å². The number of rotatable bonds is 6. The van der Waals surface area contributed by atoms with E-state index in [4.69, 9.17) is 0 Å². The first-order valence-corrected chi connectivity index (χ1v) is 8.53. The van der Waals surface area contributed by atoms with Crippen LogP contribution in [0.3, 0.4) is 0 Å². The van der Waals surface area contributed by atoms with E-state index in [0.717, 1.165) is 30.5 Å². The highest BCUT2D eigenvalue weighted by atomic mass is 32.1. The first kappa shape index (κ1) is 16.4. The lowest BCUT2D eigenvalue weighted by Gasteiger charge is -2.04. The molecule has 1 N–H and O–H groups in total. The number of benzene rings is 1. The molecular weight excluding hydrogens is 292 g/mol. The van der Waals surface area contributed by atoms with E-state index < -0.39 is 0 Å². The number of hydrogen-bond acceptors (Lipinski definition) is 3. The van der Waals surface area contributed by atoms with E-state index in [1.54, 1.807) is 11.3 Å². The zero-order valence-electron chi connectivity index (χ0n) is 13.3. The van der Waals surface area contributed by atoms with Gasteiger partial charge in [0.05, 0.1) is 11.3 Å². The fourth-order valence-corrected chi connectivity index (χ4v) is 2.97. The Kier molecular flexibility index (Phi) is 5.90. The molecule has 1 heterocycles. The zero-order valence-corrected chi connectivity index (χ0v) is 14.2. The SMILES string of the molecule is CCCc1ccc(C(C)=NNC(=O)c2csc(CC)c2)cc1. The van der Waals surface area contributed by atoms with Crippen LogP contribution >= 0.6 is 11.3 Å². The van der Waals surface area contributed by atoms with Gasteiger partial charge >= 0.3 is 0 Å². The van der Waals surface area contributed by atoms with E-state index in [1.807, 2.05) is 18.4 Å². The van der Waals surface area contributed by atoms with Gasteiger partial charge in [-0.1, -0.05) is 44.5 Å². The maximum absolute atomic E-state index is 12.0. The molecule has 0 aliphatic heterocycles. The lowest BCUT2D eigenvalue weighted by molar-refractivity contribution is 0.0955. The van der Waals surface area contributed by atoms with Crippen molar-refractivity contribution >= 4 is 23.0 Å². The van der Waals surface area contributed by atoms with Crippen LogP contribution in [0.1, 0.15) is 53.6 Å². The molecule has 0 unspecified atom stereocenters. The molecule has 0 spiro atoms. The molecule has 0 aliphatic rings. The topological polar surface area (TPSA) is 41.5 Å². The molecule has 0 atom stereocenters. The molecule has 0 bridgehead atoms. The standard InChI is InChI=1S/C18H22N2OS/c1-4-6-14-7-9-15(10-8-14)13(3)19-20-18(21)16-11-17(5-2)22-12-16/h7-12H,4-6H2,1-3H3,(H,20,21). The molecule has 0 radical (unpaired) electrons. The van der Waals surface area contributed by atoms with Crippen molar-refractivity contribution in [2.45, 2.75) is 40.0 Å². The van der Waals surface area contributed by atoms with Crippen LogP contribution < -0.4 is 5.43 Å². The molecule has 116 valence electrons. The van der Waals surface area contributed by atoms with E-state index in [0.29, 0.717) is 5.56 Å². The average molecular weight is 314 g/mol. The van der Waals surface area contributed by atoms with Gasteiger partial charge in [-0.15, -0.1) is 11.3 Å². The quantitative estimate of drug-likeness (QED) is 0.622. The van der Waals surface area contributed by atoms with Crippen molar-refractivity contribution in [2.75, 3.05) is 0 Å². The zero-order chi connectivity index (χ0) is 15.9. The average Bonchev–Trinajstić information content (AvgIpc) is 3.02. The van der Waals surface area contributed by atoms with Gasteiger partial charge in [0.15, 0.2) is 0 Å². The van der Waals surface area contributed by atoms with E-state index in [-0.39, 0.29) is 5.91 Å². The van der Waals surface area contributed by atoms with Crippen LogP contribution in [0.25, 0.3) is 0 Å². The van der Waals surface area contributed by atoms with Crippen molar-refractivity contribution in [2.24, 2.45) is 5.10 Å². The van der Waals surface area contributed by atoms with Crippen LogP contribution in [0.5, 0.6) is 0 Å². The van der Waals surface area contributed by atoms with E-state index in [2.05, 4.69) is 48.6 Å². The van der Waals surface area contributed by atoms with Gasteiger partial charge in [-0.25, -0.2) is 5.43 Å². The minimum absolute atomic E-state index is 0.155. The number of hydrogen-bond donors (Lipinski definition) is 1. The highest BCUT2D eigenvalue weighted by Gasteiger charge is 2.07. The molecule has 3 nitrogen and oxygen atoms in total. The summed E-state index contributed by atoms with van der Waals surface area (Å²) in [5, 5.41) is 6.08. The lowest BCUT2D eigenvalue weighted by atomic mass is 10.1. The van der Waals surface area contributed by atoms with Crippen molar-refractivity contribution in [1.82, 2.24) is 5.43 Å². The lowest BCUT2D eigenvalue weighted by Crippen LogP contribution is -2.18. The molecule has 1 amide bonds. The van der Waals surface area contributed by atoms with Crippen molar-refractivity contribution in [1.29, 1.82) is 0 Å². The first-order valence-electron chi connectivity index (χ1n) is 7.65. The summed E-state index contributed by atoms with van der Waals surface area (Å²) < 4.78 is 0. The van der Waals surface area contributed by atoms with Crippen LogP contribution in [0.4, 0.5) is 0 Å². The van der Waals surface area contributed by atoms with Crippen LogP contribution in [-0.4, -0.2) is 11.6 Å². The van der Waals surface area contributed by atoms with Gasteiger partial charge < -0.3 is 0 Å². The third-order valence-electron chi connectivity index (χ3n) is 3.50. The Morgan fingerprint density at radius 1 is 1.18 bits per heavy atom. The van der Waals surface area contributed by atoms with Crippen molar-refractivity contribution in [3.05, 3.63) is 57.3 Å². The number of nitrogens with one attached hydrogen (secondary N) is 1. The monoisotopic (exact) mass is 314 g/mol. The number of aryl methyl sites for hydroxylation is 2. The minimum atomic E-state index is -0.155. The predicted octanol–water partition coefficient (Wildman–Crippen LogP) is 4.42. The Morgan fingerprint density at radius 2 is 1.91 bits per heavy atom. The van der Waals surface area contributed by atoms with Gasteiger partial charge in [0, 0.05) is 10.3 Å². The van der Waals surface area contributed by atoms with E-state index >= 15 is 0 Å².